The second kappa shape index (κ2) is 5.04. The number of hydrogen-bond donors (Lipinski definition) is 0. The Morgan fingerprint density at radius 1 is 1.67 bits per heavy atom. The van der Waals surface area contributed by atoms with Crippen LogP contribution in [0.15, 0.2) is 12.2 Å². The van der Waals surface area contributed by atoms with Crippen LogP contribution in [0.3, 0.4) is 0 Å². The summed E-state index contributed by atoms with van der Waals surface area (Å²) in [5, 5.41) is 1.11. The lowest BCUT2D eigenvalue weighted by Gasteiger charge is -2.05. The van der Waals surface area contributed by atoms with E-state index in [1.807, 2.05) is 0 Å². The van der Waals surface area contributed by atoms with Gasteiger partial charge in [0.05, 0.1) is 0 Å². The zero-order chi connectivity index (χ0) is 7.28. The van der Waals surface area contributed by atoms with Crippen molar-refractivity contribution in [2.24, 2.45) is 5.92 Å². The third-order valence-corrected chi connectivity index (χ3v) is 2.43. The molecule has 9 heavy (non-hydrogen) atoms. The van der Waals surface area contributed by atoms with E-state index in [2.05, 4.69) is 36.4 Å². The van der Waals surface area contributed by atoms with E-state index in [1.165, 1.54) is 18.4 Å². The van der Waals surface area contributed by atoms with Crippen LogP contribution in [0.4, 0.5) is 0 Å². The van der Waals surface area contributed by atoms with Gasteiger partial charge in [-0.05, 0) is 25.7 Å². The lowest BCUT2D eigenvalue weighted by Crippen LogP contribution is -1.94. The maximum absolute atomic E-state index is 3.85. The van der Waals surface area contributed by atoms with Crippen LogP contribution < -0.4 is 0 Å². The molecule has 0 N–H and O–H groups in total. The van der Waals surface area contributed by atoms with Crippen LogP contribution in [0.25, 0.3) is 0 Å². The maximum atomic E-state index is 3.85. The lowest BCUT2D eigenvalue weighted by molar-refractivity contribution is 0.598. The number of allylic oxidation sites excluding steroid dienone is 1. The molecule has 54 valence electrons. The first-order valence-corrected chi connectivity index (χ1v) is 4.49. The van der Waals surface area contributed by atoms with Crippen molar-refractivity contribution in [1.82, 2.24) is 0 Å². The molecule has 0 amide bonds. The predicted molar refractivity (Wildman–Crippen MR) is 47.0 cm³/mol. The van der Waals surface area contributed by atoms with Crippen LogP contribution in [0.2, 0.25) is 0 Å². The number of halogens is 1. The molecule has 0 aromatic carbocycles. The second-order valence-corrected chi connectivity index (χ2v) is 3.40. The molecule has 0 saturated carbocycles. The van der Waals surface area contributed by atoms with Gasteiger partial charge in [0.15, 0.2) is 0 Å². The first-order chi connectivity index (χ1) is 4.16. The van der Waals surface area contributed by atoms with Crippen LogP contribution in [0.1, 0.15) is 26.7 Å². The van der Waals surface area contributed by atoms with Gasteiger partial charge in [-0.3, -0.25) is 0 Å². The van der Waals surface area contributed by atoms with Gasteiger partial charge in [0.1, 0.15) is 0 Å². The molecule has 0 saturated heterocycles. The van der Waals surface area contributed by atoms with E-state index in [0.29, 0.717) is 0 Å². The van der Waals surface area contributed by atoms with E-state index in [1.54, 1.807) is 0 Å². The molecule has 0 unspecified atom stereocenters. The van der Waals surface area contributed by atoms with Crippen molar-refractivity contribution in [3.63, 3.8) is 0 Å². The molecule has 1 heteroatoms. The monoisotopic (exact) mass is 190 g/mol. The normalized spacial score (nSPS) is 13.2. The predicted octanol–water partition coefficient (Wildman–Crippen LogP) is 3.37. The third kappa shape index (κ3) is 6.10. The summed E-state index contributed by atoms with van der Waals surface area (Å²) in [7, 11) is 0. The average Bonchev–Trinajstić information content (AvgIpc) is 1.83. The maximum Gasteiger partial charge on any atom is 0.00571 e. The van der Waals surface area contributed by atoms with Crippen molar-refractivity contribution in [2.75, 3.05) is 5.33 Å². The quantitative estimate of drug-likeness (QED) is 0.472. The van der Waals surface area contributed by atoms with Crippen LogP contribution in [-0.2, 0) is 0 Å². The fourth-order valence-corrected chi connectivity index (χ4v) is 0.894. The van der Waals surface area contributed by atoms with Gasteiger partial charge < -0.3 is 0 Å². The summed E-state index contributed by atoms with van der Waals surface area (Å²) in [6.45, 7) is 8.18. The molecule has 0 nitrogen and oxygen atoms in total. The molecule has 0 aliphatic rings. The summed E-state index contributed by atoms with van der Waals surface area (Å²) in [4.78, 5) is 0. The van der Waals surface area contributed by atoms with E-state index < -0.39 is 0 Å². The highest BCUT2D eigenvalue weighted by Crippen LogP contribution is 2.11. The molecule has 0 aromatic heterocycles. The standard InChI is InChI=1S/C8H15Br/c1-7(2)4-5-8(3)6-9/h8H,1,4-6H2,2-3H3/t8-/m0/s1. The molecular weight excluding hydrogens is 176 g/mol. The van der Waals surface area contributed by atoms with Crippen molar-refractivity contribution < 1.29 is 0 Å². The van der Waals surface area contributed by atoms with E-state index in [4.69, 9.17) is 0 Å². The molecule has 1 atom stereocenters. The largest absolute Gasteiger partial charge is 0.100 e. The summed E-state index contributed by atoms with van der Waals surface area (Å²) in [6.07, 6.45) is 2.44. The topological polar surface area (TPSA) is 0 Å². The Bertz CT molecular complexity index is 86.6. The Labute approximate surface area is 66.5 Å². The first kappa shape index (κ1) is 9.22. The van der Waals surface area contributed by atoms with E-state index in [9.17, 15) is 0 Å². The molecule has 0 bridgehead atoms. The average molecular weight is 191 g/mol. The SMILES string of the molecule is C=C(C)CC[C@H](C)CBr. The molecule has 0 heterocycles. The highest BCUT2D eigenvalue weighted by atomic mass is 79.9. The fraction of sp³-hybridized carbons (Fsp3) is 0.750. The highest BCUT2D eigenvalue weighted by molar-refractivity contribution is 9.09. The minimum atomic E-state index is 0.793. The summed E-state index contributed by atoms with van der Waals surface area (Å²) >= 11 is 3.44. The third-order valence-electron chi connectivity index (χ3n) is 1.33. The van der Waals surface area contributed by atoms with Crippen LogP contribution in [0, 0.1) is 5.92 Å². The van der Waals surface area contributed by atoms with Crippen LogP contribution >= 0.6 is 15.9 Å². The van der Waals surface area contributed by atoms with E-state index >= 15 is 0 Å². The van der Waals surface area contributed by atoms with Crippen molar-refractivity contribution in [3.05, 3.63) is 12.2 Å². The molecular formula is C8H15Br. The van der Waals surface area contributed by atoms with Crippen molar-refractivity contribution in [2.45, 2.75) is 26.7 Å². The fourth-order valence-electron chi connectivity index (χ4n) is 0.570. The van der Waals surface area contributed by atoms with Crippen LogP contribution in [-0.4, -0.2) is 5.33 Å². The summed E-state index contributed by atoms with van der Waals surface area (Å²) in [6, 6.07) is 0. The van der Waals surface area contributed by atoms with Gasteiger partial charge in [-0.1, -0.05) is 28.4 Å². The zero-order valence-electron chi connectivity index (χ0n) is 6.28. The van der Waals surface area contributed by atoms with Gasteiger partial charge in [-0.25, -0.2) is 0 Å². The van der Waals surface area contributed by atoms with Crippen molar-refractivity contribution in [1.29, 1.82) is 0 Å². The first-order valence-electron chi connectivity index (χ1n) is 3.37. The highest BCUT2D eigenvalue weighted by Gasteiger charge is 1.97. The van der Waals surface area contributed by atoms with Crippen LogP contribution in [0.5, 0.6) is 0 Å². The van der Waals surface area contributed by atoms with Crippen molar-refractivity contribution >= 4 is 15.9 Å². The smallest absolute Gasteiger partial charge is 0.00571 e. The van der Waals surface area contributed by atoms with Gasteiger partial charge in [0.25, 0.3) is 0 Å². The molecule has 0 aliphatic carbocycles. The molecule has 0 aromatic rings. The van der Waals surface area contributed by atoms with Gasteiger partial charge in [-0.2, -0.15) is 0 Å². The van der Waals surface area contributed by atoms with Gasteiger partial charge in [-0.15, -0.1) is 6.58 Å². The van der Waals surface area contributed by atoms with E-state index in [-0.39, 0.29) is 0 Å². The minimum Gasteiger partial charge on any atom is -0.100 e. The van der Waals surface area contributed by atoms with Gasteiger partial charge in [0, 0.05) is 5.33 Å². The van der Waals surface area contributed by atoms with Gasteiger partial charge >= 0.3 is 0 Å². The van der Waals surface area contributed by atoms with E-state index in [0.717, 1.165) is 11.2 Å². The van der Waals surface area contributed by atoms with Crippen molar-refractivity contribution in [3.8, 4) is 0 Å². The molecule has 0 aliphatic heterocycles. The minimum absolute atomic E-state index is 0.793. The summed E-state index contributed by atoms with van der Waals surface area (Å²) in [5.74, 6) is 0.793. The molecule has 0 radical (unpaired) electrons. The number of alkyl halides is 1. The number of hydrogen-bond acceptors (Lipinski definition) is 0. The number of rotatable bonds is 4. The van der Waals surface area contributed by atoms with Gasteiger partial charge in [0.2, 0.25) is 0 Å². The Morgan fingerprint density at radius 2 is 2.22 bits per heavy atom. The Hall–Kier alpha value is 0.220. The summed E-state index contributed by atoms with van der Waals surface area (Å²) in [5.41, 5.74) is 1.29. The Balaban J connectivity index is 3.16. The Morgan fingerprint density at radius 3 is 2.56 bits per heavy atom. The second-order valence-electron chi connectivity index (χ2n) is 2.76. The molecule has 0 rings (SSSR count). The molecule has 0 fully saturated rings. The molecule has 0 spiro atoms. The zero-order valence-corrected chi connectivity index (χ0v) is 7.87. The Kier molecular flexibility index (Phi) is 5.16. The lowest BCUT2D eigenvalue weighted by atomic mass is 10.1. The summed E-state index contributed by atoms with van der Waals surface area (Å²) < 4.78 is 0.